The smallest absolute Gasteiger partial charge is 0.326 e. The Kier molecular flexibility index (Phi) is 6.44. The number of nitrogens with one attached hydrogen (secondary N) is 1. The highest BCUT2D eigenvalue weighted by atomic mass is 35.5. The number of carbonyl (C=O) groups is 3. The minimum atomic E-state index is -1.55. The van der Waals surface area contributed by atoms with Crippen LogP contribution in [-0.4, -0.2) is 54.3 Å². The van der Waals surface area contributed by atoms with Gasteiger partial charge >= 0.3 is 11.9 Å². The Bertz CT molecular complexity index is 793. The fraction of sp³-hybridized carbons (Fsp3) is 0.286. The maximum atomic E-state index is 11.9. The molecule has 0 aliphatic heterocycles. The number of hydrogen-bond donors (Lipinski definition) is 3. The zero-order valence-corrected chi connectivity index (χ0v) is 14.0. The van der Waals surface area contributed by atoms with E-state index in [0.717, 1.165) is 4.68 Å². The molecule has 0 aliphatic carbocycles. The fourth-order valence-corrected chi connectivity index (χ4v) is 2.00. The lowest BCUT2D eigenvalue weighted by Gasteiger charge is -2.12. The van der Waals surface area contributed by atoms with Crippen molar-refractivity contribution in [1.82, 2.24) is 25.5 Å². The van der Waals surface area contributed by atoms with Crippen molar-refractivity contribution in [2.75, 3.05) is 0 Å². The van der Waals surface area contributed by atoms with E-state index in [4.69, 9.17) is 26.6 Å². The number of nitrogens with zero attached hydrogens (tertiary/aromatic N) is 4. The molecule has 26 heavy (non-hydrogen) atoms. The zero-order chi connectivity index (χ0) is 19.1. The molecule has 0 fully saturated rings. The first-order chi connectivity index (χ1) is 12.3. The molecule has 0 radical (unpaired) electrons. The van der Waals surface area contributed by atoms with Gasteiger partial charge in [-0.25, -0.2) is 9.48 Å². The van der Waals surface area contributed by atoms with Gasteiger partial charge in [0, 0.05) is 5.02 Å². The van der Waals surface area contributed by atoms with Crippen LogP contribution in [0.25, 0.3) is 0 Å². The maximum Gasteiger partial charge on any atom is 0.326 e. The lowest BCUT2D eigenvalue weighted by atomic mass is 10.2. The molecule has 1 aromatic heterocycles. The Labute approximate surface area is 151 Å². The van der Waals surface area contributed by atoms with Crippen molar-refractivity contribution in [1.29, 1.82) is 0 Å². The summed E-state index contributed by atoms with van der Waals surface area (Å²) in [5.41, 5.74) is 0. The highest BCUT2D eigenvalue weighted by Gasteiger charge is 2.23. The Hall–Kier alpha value is -3.21. The molecule has 12 heteroatoms. The Balaban J connectivity index is 1.94. The van der Waals surface area contributed by atoms with Crippen LogP contribution in [0.2, 0.25) is 5.02 Å². The number of carboxylic acid groups (broad SMARTS) is 2. The summed E-state index contributed by atoms with van der Waals surface area (Å²) in [7, 11) is 0. The number of ether oxygens (including phenoxy) is 1. The van der Waals surface area contributed by atoms with Gasteiger partial charge in [-0.3, -0.25) is 9.59 Å². The van der Waals surface area contributed by atoms with Gasteiger partial charge in [0.05, 0.1) is 6.42 Å². The largest absolute Gasteiger partial charge is 0.486 e. The van der Waals surface area contributed by atoms with Crippen LogP contribution < -0.4 is 10.1 Å². The van der Waals surface area contributed by atoms with Crippen molar-refractivity contribution in [3.63, 3.8) is 0 Å². The Morgan fingerprint density at radius 1 is 1.23 bits per heavy atom. The monoisotopic (exact) mass is 383 g/mol. The second-order valence-electron chi connectivity index (χ2n) is 5.05. The lowest BCUT2D eigenvalue weighted by Crippen LogP contribution is -2.43. The fourth-order valence-electron chi connectivity index (χ4n) is 1.88. The molecule has 1 unspecified atom stereocenters. The van der Waals surface area contributed by atoms with E-state index in [2.05, 4.69) is 20.8 Å². The van der Waals surface area contributed by atoms with Crippen LogP contribution in [0.15, 0.2) is 24.3 Å². The molecule has 0 spiro atoms. The van der Waals surface area contributed by atoms with Crippen molar-refractivity contribution < 1.29 is 29.3 Å². The Morgan fingerprint density at radius 2 is 1.92 bits per heavy atom. The highest BCUT2D eigenvalue weighted by molar-refractivity contribution is 6.30. The van der Waals surface area contributed by atoms with Crippen LogP contribution in [0, 0.1) is 0 Å². The highest BCUT2D eigenvalue weighted by Crippen LogP contribution is 2.16. The minimum absolute atomic E-state index is 0.0423. The number of halogens is 1. The topological polar surface area (TPSA) is 157 Å². The van der Waals surface area contributed by atoms with E-state index in [0.29, 0.717) is 10.8 Å². The molecule has 0 bridgehead atoms. The molecular weight excluding hydrogens is 370 g/mol. The van der Waals surface area contributed by atoms with Crippen LogP contribution >= 0.6 is 11.6 Å². The molecule has 11 nitrogen and oxygen atoms in total. The molecule has 1 amide bonds. The van der Waals surface area contributed by atoms with Gasteiger partial charge in [0.1, 0.15) is 24.9 Å². The van der Waals surface area contributed by atoms with Crippen molar-refractivity contribution in [2.45, 2.75) is 25.6 Å². The van der Waals surface area contributed by atoms with Crippen LogP contribution in [0.3, 0.4) is 0 Å². The molecular formula is C14H14ClN5O6. The molecule has 2 aromatic rings. The van der Waals surface area contributed by atoms with Gasteiger partial charge in [-0.1, -0.05) is 11.6 Å². The average Bonchev–Trinajstić information content (AvgIpc) is 3.00. The number of benzene rings is 1. The maximum absolute atomic E-state index is 11.9. The predicted octanol–water partition coefficient (Wildman–Crippen LogP) is -0.0504. The third-order valence-electron chi connectivity index (χ3n) is 3.09. The number of amides is 1. The Morgan fingerprint density at radius 3 is 2.54 bits per heavy atom. The van der Waals surface area contributed by atoms with Gasteiger partial charge in [0.2, 0.25) is 5.91 Å². The normalized spacial score (nSPS) is 11.6. The first kappa shape index (κ1) is 19.1. The predicted molar refractivity (Wildman–Crippen MR) is 85.4 cm³/mol. The van der Waals surface area contributed by atoms with E-state index in [9.17, 15) is 14.4 Å². The SMILES string of the molecule is O=C(O)CC(NC(=O)Cn1nnnc1COc1ccc(Cl)cc1)C(=O)O. The summed E-state index contributed by atoms with van der Waals surface area (Å²) in [4.78, 5) is 33.5. The quantitative estimate of drug-likeness (QED) is 0.539. The number of carboxylic acids is 2. The molecule has 0 saturated heterocycles. The second kappa shape index (κ2) is 8.76. The number of aromatic nitrogens is 4. The van der Waals surface area contributed by atoms with Gasteiger partial charge in [0.15, 0.2) is 5.82 Å². The van der Waals surface area contributed by atoms with E-state index in [1.165, 1.54) is 0 Å². The van der Waals surface area contributed by atoms with Gasteiger partial charge in [-0.05, 0) is 34.7 Å². The lowest BCUT2D eigenvalue weighted by molar-refractivity contribution is -0.147. The van der Waals surface area contributed by atoms with E-state index in [-0.39, 0.29) is 12.4 Å². The molecule has 138 valence electrons. The number of carbonyl (C=O) groups excluding carboxylic acids is 1. The van der Waals surface area contributed by atoms with E-state index >= 15 is 0 Å². The summed E-state index contributed by atoms with van der Waals surface area (Å²) in [6.45, 7) is -0.435. The number of rotatable bonds is 9. The van der Waals surface area contributed by atoms with Crippen molar-refractivity contribution in [3.05, 3.63) is 35.1 Å². The third-order valence-corrected chi connectivity index (χ3v) is 3.35. The van der Waals surface area contributed by atoms with Gasteiger partial charge in [-0.2, -0.15) is 0 Å². The second-order valence-corrected chi connectivity index (χ2v) is 5.49. The molecule has 1 heterocycles. The molecule has 1 aromatic carbocycles. The summed E-state index contributed by atoms with van der Waals surface area (Å²) in [6, 6.07) is 5.02. The zero-order valence-electron chi connectivity index (χ0n) is 13.2. The van der Waals surface area contributed by atoms with Crippen LogP contribution in [0.1, 0.15) is 12.2 Å². The standard InChI is InChI=1S/C14H14ClN5O6/c15-8-1-3-9(4-2-8)26-7-11-17-18-19-20(11)6-12(21)16-10(14(24)25)5-13(22)23/h1-4,10H,5-7H2,(H,16,21)(H,22,23)(H,24,25). The van der Waals surface area contributed by atoms with E-state index in [1.807, 2.05) is 0 Å². The van der Waals surface area contributed by atoms with Gasteiger partial charge in [-0.15, -0.1) is 5.10 Å². The van der Waals surface area contributed by atoms with Crippen LogP contribution in [0.5, 0.6) is 5.75 Å². The van der Waals surface area contributed by atoms with Crippen LogP contribution in [0.4, 0.5) is 0 Å². The summed E-state index contributed by atoms with van der Waals surface area (Å²) < 4.78 is 6.59. The van der Waals surface area contributed by atoms with Crippen LogP contribution in [-0.2, 0) is 27.5 Å². The first-order valence-electron chi connectivity index (χ1n) is 7.22. The summed E-state index contributed by atoms with van der Waals surface area (Å²) in [5, 5.41) is 31.0. The van der Waals surface area contributed by atoms with E-state index < -0.39 is 36.9 Å². The molecule has 0 saturated carbocycles. The minimum Gasteiger partial charge on any atom is -0.486 e. The van der Waals surface area contributed by atoms with Gasteiger partial charge in [0.25, 0.3) is 0 Å². The average molecular weight is 384 g/mol. The van der Waals surface area contributed by atoms with E-state index in [1.54, 1.807) is 24.3 Å². The summed E-state index contributed by atoms with van der Waals surface area (Å²) >= 11 is 5.77. The number of aliphatic carboxylic acids is 2. The summed E-state index contributed by atoms with van der Waals surface area (Å²) in [6.07, 6.45) is -0.747. The van der Waals surface area contributed by atoms with Crippen molar-refractivity contribution >= 4 is 29.4 Å². The molecule has 1 atom stereocenters. The first-order valence-corrected chi connectivity index (χ1v) is 7.60. The molecule has 3 N–H and O–H groups in total. The number of tetrazole rings is 1. The molecule has 2 rings (SSSR count). The third kappa shape index (κ3) is 5.70. The van der Waals surface area contributed by atoms with Crippen molar-refractivity contribution in [3.8, 4) is 5.75 Å². The number of hydrogen-bond acceptors (Lipinski definition) is 7. The van der Waals surface area contributed by atoms with Crippen molar-refractivity contribution in [2.24, 2.45) is 0 Å². The summed E-state index contributed by atoms with van der Waals surface area (Å²) in [5.74, 6) is -2.82. The van der Waals surface area contributed by atoms with Gasteiger partial charge < -0.3 is 20.3 Å². The molecule has 0 aliphatic rings.